The van der Waals surface area contributed by atoms with E-state index in [0.29, 0.717) is 5.92 Å². The first kappa shape index (κ1) is 12.9. The third-order valence-corrected chi connectivity index (χ3v) is 5.11. The first-order chi connectivity index (χ1) is 9.36. The molecule has 1 saturated heterocycles. The second kappa shape index (κ2) is 5.88. The molecule has 2 aromatic heterocycles. The summed E-state index contributed by atoms with van der Waals surface area (Å²) in [5, 5.41) is 3.43. The Kier molecular flexibility index (Phi) is 3.99. The van der Waals surface area contributed by atoms with E-state index in [1.807, 2.05) is 17.7 Å². The summed E-state index contributed by atoms with van der Waals surface area (Å²) in [6, 6.07) is 4.51. The lowest BCUT2D eigenvalue weighted by Crippen LogP contribution is -2.27. The van der Waals surface area contributed by atoms with Crippen molar-refractivity contribution in [3.63, 3.8) is 0 Å². The average Bonchev–Trinajstić information content (AvgIpc) is 3.09. The van der Waals surface area contributed by atoms with Crippen molar-refractivity contribution in [3.8, 4) is 0 Å². The fourth-order valence-corrected chi connectivity index (χ4v) is 3.74. The third-order valence-electron chi connectivity index (χ3n) is 3.89. The number of nitrogens with one attached hydrogen (secondary N) is 1. The Morgan fingerprint density at radius 2 is 2.11 bits per heavy atom. The number of hydrogen-bond donors (Lipinski definition) is 1. The van der Waals surface area contributed by atoms with E-state index < -0.39 is 0 Å². The van der Waals surface area contributed by atoms with Crippen LogP contribution < -0.4 is 5.32 Å². The van der Waals surface area contributed by atoms with Gasteiger partial charge in [0.15, 0.2) is 0 Å². The number of hydrogen-bond acceptors (Lipinski definition) is 3. The Hall–Kier alpha value is -1.13. The van der Waals surface area contributed by atoms with E-state index in [4.69, 9.17) is 0 Å². The number of aromatic nitrogens is 2. The van der Waals surface area contributed by atoms with Gasteiger partial charge in [0.1, 0.15) is 0 Å². The molecule has 102 valence electrons. The normalized spacial score (nSPS) is 16.9. The van der Waals surface area contributed by atoms with Gasteiger partial charge < -0.3 is 9.88 Å². The van der Waals surface area contributed by atoms with Gasteiger partial charge in [-0.15, -0.1) is 11.3 Å². The maximum absolute atomic E-state index is 4.37. The highest BCUT2D eigenvalue weighted by molar-refractivity contribution is 7.11. The SMILES string of the molecule is CCc1ccc(Cn2cncc2C2CCNCC2)s1. The molecular formula is C15H21N3S. The Morgan fingerprint density at radius 3 is 2.84 bits per heavy atom. The van der Waals surface area contributed by atoms with Crippen LogP contribution in [-0.4, -0.2) is 22.6 Å². The van der Waals surface area contributed by atoms with Crippen LogP contribution in [0, 0.1) is 0 Å². The van der Waals surface area contributed by atoms with Crippen molar-refractivity contribution in [2.45, 2.75) is 38.6 Å². The molecule has 19 heavy (non-hydrogen) atoms. The maximum atomic E-state index is 4.37. The average molecular weight is 275 g/mol. The van der Waals surface area contributed by atoms with E-state index >= 15 is 0 Å². The molecule has 2 aromatic rings. The molecule has 3 rings (SSSR count). The zero-order valence-corrected chi connectivity index (χ0v) is 12.2. The van der Waals surface area contributed by atoms with Crippen LogP contribution in [0.1, 0.15) is 41.1 Å². The van der Waals surface area contributed by atoms with Crippen LogP contribution in [0.25, 0.3) is 0 Å². The van der Waals surface area contributed by atoms with E-state index in [-0.39, 0.29) is 0 Å². The molecule has 3 nitrogen and oxygen atoms in total. The van der Waals surface area contributed by atoms with Crippen LogP contribution in [-0.2, 0) is 13.0 Å². The number of imidazole rings is 1. The van der Waals surface area contributed by atoms with Gasteiger partial charge in [-0.25, -0.2) is 4.98 Å². The molecule has 4 heteroatoms. The molecule has 1 aliphatic heterocycles. The number of nitrogens with zero attached hydrogens (tertiary/aromatic N) is 2. The van der Waals surface area contributed by atoms with Crippen molar-refractivity contribution in [2.75, 3.05) is 13.1 Å². The summed E-state index contributed by atoms with van der Waals surface area (Å²) < 4.78 is 2.33. The minimum absolute atomic E-state index is 0.675. The van der Waals surface area contributed by atoms with Gasteiger partial charge >= 0.3 is 0 Å². The van der Waals surface area contributed by atoms with Gasteiger partial charge in [0, 0.05) is 27.6 Å². The molecule has 1 aliphatic rings. The first-order valence-electron chi connectivity index (χ1n) is 7.15. The van der Waals surface area contributed by atoms with Gasteiger partial charge in [-0.2, -0.15) is 0 Å². The first-order valence-corrected chi connectivity index (χ1v) is 7.97. The van der Waals surface area contributed by atoms with E-state index in [1.54, 1.807) is 0 Å². The van der Waals surface area contributed by atoms with Gasteiger partial charge in [-0.1, -0.05) is 6.92 Å². The molecular weight excluding hydrogens is 254 g/mol. The second-order valence-corrected chi connectivity index (χ2v) is 6.45. The Morgan fingerprint density at radius 1 is 1.32 bits per heavy atom. The maximum Gasteiger partial charge on any atom is 0.0951 e. The summed E-state index contributed by atoms with van der Waals surface area (Å²) in [6.07, 6.45) is 7.65. The predicted molar refractivity (Wildman–Crippen MR) is 79.9 cm³/mol. The topological polar surface area (TPSA) is 29.9 Å². The van der Waals surface area contributed by atoms with Crippen LogP contribution in [0.4, 0.5) is 0 Å². The Labute approximate surface area is 118 Å². The van der Waals surface area contributed by atoms with Gasteiger partial charge in [-0.3, -0.25) is 0 Å². The smallest absolute Gasteiger partial charge is 0.0951 e. The van der Waals surface area contributed by atoms with Crippen molar-refractivity contribution in [1.82, 2.24) is 14.9 Å². The molecule has 0 aromatic carbocycles. The van der Waals surface area contributed by atoms with Crippen molar-refractivity contribution >= 4 is 11.3 Å². The largest absolute Gasteiger partial charge is 0.329 e. The fraction of sp³-hybridized carbons (Fsp3) is 0.533. The third kappa shape index (κ3) is 2.90. The predicted octanol–water partition coefficient (Wildman–Crippen LogP) is 3.02. The lowest BCUT2D eigenvalue weighted by Gasteiger charge is -2.23. The van der Waals surface area contributed by atoms with Crippen molar-refractivity contribution < 1.29 is 0 Å². The Bertz CT molecular complexity index is 523. The van der Waals surface area contributed by atoms with E-state index in [0.717, 1.165) is 26.1 Å². The lowest BCUT2D eigenvalue weighted by atomic mass is 9.95. The van der Waals surface area contributed by atoms with E-state index in [2.05, 4.69) is 40.1 Å². The van der Waals surface area contributed by atoms with Gasteiger partial charge in [-0.05, 0) is 44.5 Å². The van der Waals surface area contributed by atoms with Crippen LogP contribution in [0.5, 0.6) is 0 Å². The molecule has 1 N–H and O–H groups in total. The molecule has 0 aliphatic carbocycles. The minimum Gasteiger partial charge on any atom is -0.329 e. The number of piperidine rings is 1. The van der Waals surface area contributed by atoms with Crippen LogP contribution in [0.2, 0.25) is 0 Å². The highest BCUT2D eigenvalue weighted by atomic mass is 32.1. The van der Waals surface area contributed by atoms with Gasteiger partial charge in [0.2, 0.25) is 0 Å². The van der Waals surface area contributed by atoms with Gasteiger partial charge in [0.25, 0.3) is 0 Å². The highest BCUT2D eigenvalue weighted by Crippen LogP contribution is 2.26. The van der Waals surface area contributed by atoms with E-state index in [1.165, 1.54) is 28.3 Å². The fourth-order valence-electron chi connectivity index (χ4n) is 2.79. The summed E-state index contributed by atoms with van der Waals surface area (Å²) in [4.78, 5) is 7.27. The summed E-state index contributed by atoms with van der Waals surface area (Å²) in [7, 11) is 0. The summed E-state index contributed by atoms with van der Waals surface area (Å²) in [5.74, 6) is 0.675. The van der Waals surface area contributed by atoms with Crippen molar-refractivity contribution in [1.29, 1.82) is 0 Å². The quantitative estimate of drug-likeness (QED) is 0.929. The molecule has 0 radical (unpaired) electrons. The van der Waals surface area contributed by atoms with Crippen LogP contribution in [0.15, 0.2) is 24.7 Å². The zero-order chi connectivity index (χ0) is 13.1. The molecule has 0 unspecified atom stereocenters. The van der Waals surface area contributed by atoms with Crippen molar-refractivity contribution in [2.24, 2.45) is 0 Å². The molecule has 0 saturated carbocycles. The molecule has 0 bridgehead atoms. The second-order valence-electron chi connectivity index (χ2n) is 5.19. The van der Waals surface area contributed by atoms with Crippen LogP contribution >= 0.6 is 11.3 Å². The number of aryl methyl sites for hydroxylation is 1. The molecule has 1 fully saturated rings. The lowest BCUT2D eigenvalue weighted by molar-refractivity contribution is 0.442. The standard InChI is InChI=1S/C15H21N3S/c1-2-13-3-4-14(19-13)10-18-11-17-9-15(18)12-5-7-16-8-6-12/h3-4,9,11-12,16H,2,5-8,10H2,1H3. The van der Waals surface area contributed by atoms with E-state index in [9.17, 15) is 0 Å². The van der Waals surface area contributed by atoms with Crippen molar-refractivity contribution in [3.05, 3.63) is 40.1 Å². The summed E-state index contributed by atoms with van der Waals surface area (Å²) >= 11 is 1.93. The number of thiophene rings is 1. The summed E-state index contributed by atoms with van der Waals surface area (Å²) in [6.45, 7) is 5.46. The monoisotopic (exact) mass is 275 g/mol. The van der Waals surface area contributed by atoms with Gasteiger partial charge in [0.05, 0.1) is 12.9 Å². The molecule has 3 heterocycles. The molecule has 0 amide bonds. The number of rotatable bonds is 4. The minimum atomic E-state index is 0.675. The Balaban J connectivity index is 1.75. The zero-order valence-electron chi connectivity index (χ0n) is 11.4. The molecule has 0 atom stereocenters. The summed E-state index contributed by atoms with van der Waals surface area (Å²) in [5.41, 5.74) is 1.41. The molecule has 0 spiro atoms. The van der Waals surface area contributed by atoms with Crippen LogP contribution in [0.3, 0.4) is 0 Å². The highest BCUT2D eigenvalue weighted by Gasteiger charge is 2.18.